The van der Waals surface area contributed by atoms with E-state index >= 15 is 0 Å². The number of carbonyl (C=O) groups is 2. The maximum absolute atomic E-state index is 13.1. The Morgan fingerprint density at radius 2 is 1.86 bits per heavy atom. The Kier molecular flexibility index (Phi) is 4.58. The molecule has 0 aromatic heterocycles. The first-order valence-corrected chi connectivity index (χ1v) is 7.02. The van der Waals surface area contributed by atoms with Crippen LogP contribution in [-0.2, 0) is 4.79 Å². The van der Waals surface area contributed by atoms with Gasteiger partial charge >= 0.3 is 12.0 Å². The summed E-state index contributed by atoms with van der Waals surface area (Å²) in [5, 5.41) is 13.9. The summed E-state index contributed by atoms with van der Waals surface area (Å²) >= 11 is 11.6. The van der Waals surface area contributed by atoms with Crippen LogP contribution in [0.4, 0.5) is 14.9 Å². The van der Waals surface area contributed by atoms with Gasteiger partial charge in [-0.2, -0.15) is 0 Å². The molecule has 21 heavy (non-hydrogen) atoms. The third-order valence-electron chi connectivity index (χ3n) is 3.42. The van der Waals surface area contributed by atoms with Gasteiger partial charge in [-0.25, -0.2) is 9.18 Å². The minimum absolute atomic E-state index is 0.0314. The van der Waals surface area contributed by atoms with Crippen molar-refractivity contribution in [1.29, 1.82) is 0 Å². The van der Waals surface area contributed by atoms with Crippen molar-refractivity contribution in [2.24, 2.45) is 0 Å². The van der Waals surface area contributed by atoms with Crippen LogP contribution in [0.25, 0.3) is 0 Å². The number of aliphatic carboxylic acids is 1. The van der Waals surface area contributed by atoms with Crippen molar-refractivity contribution in [3.63, 3.8) is 0 Å². The second-order valence-electron chi connectivity index (χ2n) is 5.03. The van der Waals surface area contributed by atoms with Gasteiger partial charge in [0, 0.05) is 0 Å². The van der Waals surface area contributed by atoms with E-state index in [9.17, 15) is 14.0 Å². The molecule has 1 aliphatic carbocycles. The van der Waals surface area contributed by atoms with E-state index in [1.165, 1.54) is 0 Å². The summed E-state index contributed by atoms with van der Waals surface area (Å²) in [5.41, 5.74) is -0.656. The number of carboxylic acid groups (broad SMARTS) is 1. The average Bonchev–Trinajstić information content (AvgIpc) is 2.30. The Morgan fingerprint density at radius 3 is 2.29 bits per heavy atom. The van der Waals surface area contributed by atoms with Crippen LogP contribution < -0.4 is 10.6 Å². The van der Waals surface area contributed by atoms with Gasteiger partial charge in [-0.3, -0.25) is 4.79 Å². The zero-order chi connectivity index (χ0) is 15.6. The van der Waals surface area contributed by atoms with E-state index in [-0.39, 0.29) is 22.2 Å². The highest BCUT2D eigenvalue weighted by Gasteiger charge is 2.40. The Bertz CT molecular complexity index is 568. The Balaban J connectivity index is 2.07. The fourth-order valence-corrected chi connectivity index (χ4v) is 2.84. The van der Waals surface area contributed by atoms with E-state index in [2.05, 4.69) is 10.6 Å². The summed E-state index contributed by atoms with van der Waals surface area (Å²) in [6.45, 7) is 0. The maximum Gasteiger partial charge on any atom is 0.319 e. The van der Waals surface area contributed by atoms with E-state index in [1.54, 1.807) is 0 Å². The molecule has 0 unspecified atom stereocenters. The third-order valence-corrected chi connectivity index (χ3v) is 4.02. The van der Waals surface area contributed by atoms with E-state index < -0.39 is 23.4 Å². The normalized spacial score (nSPS) is 16.0. The number of anilines is 1. The highest BCUT2D eigenvalue weighted by atomic mass is 35.5. The monoisotopic (exact) mass is 334 g/mol. The zero-order valence-electron chi connectivity index (χ0n) is 10.9. The molecule has 3 N–H and O–H groups in total. The molecule has 1 saturated carbocycles. The van der Waals surface area contributed by atoms with Crippen molar-refractivity contribution in [3.05, 3.63) is 28.0 Å². The van der Waals surface area contributed by atoms with Crippen molar-refractivity contribution >= 4 is 40.9 Å². The molecular formula is C13H13Cl2FN2O3. The largest absolute Gasteiger partial charge is 0.481 e. The summed E-state index contributed by atoms with van der Waals surface area (Å²) in [6, 6.07) is 1.44. The minimum atomic E-state index is -0.979. The number of benzene rings is 1. The van der Waals surface area contributed by atoms with Gasteiger partial charge < -0.3 is 15.7 Å². The molecule has 2 amide bonds. The molecule has 0 atom stereocenters. The number of carbonyl (C=O) groups excluding carboxylic acids is 1. The third kappa shape index (κ3) is 3.77. The highest BCUT2D eigenvalue weighted by molar-refractivity contribution is 6.39. The average molecular weight is 335 g/mol. The van der Waals surface area contributed by atoms with Crippen molar-refractivity contribution in [1.82, 2.24) is 5.32 Å². The van der Waals surface area contributed by atoms with Crippen LogP contribution in [0, 0.1) is 5.82 Å². The number of nitrogens with one attached hydrogen (secondary N) is 2. The van der Waals surface area contributed by atoms with Gasteiger partial charge in [0.1, 0.15) is 5.82 Å². The highest BCUT2D eigenvalue weighted by Crippen LogP contribution is 2.36. The van der Waals surface area contributed by atoms with Gasteiger partial charge in [0.05, 0.1) is 27.7 Å². The van der Waals surface area contributed by atoms with Crippen LogP contribution >= 0.6 is 23.2 Å². The summed E-state index contributed by atoms with van der Waals surface area (Å²) in [6.07, 6.45) is 1.89. The van der Waals surface area contributed by atoms with Crippen molar-refractivity contribution in [3.8, 4) is 0 Å². The summed E-state index contributed by atoms with van der Waals surface area (Å²) in [5.74, 6) is -1.59. The van der Waals surface area contributed by atoms with Crippen LogP contribution in [0.2, 0.25) is 10.0 Å². The van der Waals surface area contributed by atoms with Crippen LogP contribution in [0.3, 0.4) is 0 Å². The van der Waals surface area contributed by atoms with Crippen molar-refractivity contribution < 1.29 is 19.1 Å². The molecule has 0 radical (unpaired) electrons. The summed E-state index contributed by atoms with van der Waals surface area (Å²) < 4.78 is 13.1. The summed E-state index contributed by atoms with van der Waals surface area (Å²) in [7, 11) is 0. The van der Waals surface area contributed by atoms with Crippen LogP contribution in [-0.4, -0.2) is 22.6 Å². The number of halogens is 3. The molecule has 0 aliphatic heterocycles. The van der Waals surface area contributed by atoms with E-state index in [4.69, 9.17) is 28.3 Å². The fourth-order valence-electron chi connectivity index (χ4n) is 2.29. The topological polar surface area (TPSA) is 78.4 Å². The SMILES string of the molecule is O=C(O)CC1(NC(=O)Nc2c(Cl)cc(F)cc2Cl)CCC1. The minimum Gasteiger partial charge on any atom is -0.481 e. The molecule has 1 aromatic carbocycles. The first kappa shape index (κ1) is 15.9. The van der Waals surface area contributed by atoms with Gasteiger partial charge in [-0.05, 0) is 31.4 Å². The van der Waals surface area contributed by atoms with Crippen molar-refractivity contribution in [2.45, 2.75) is 31.2 Å². The number of carboxylic acids is 1. The molecular weight excluding hydrogens is 322 g/mol. The molecule has 0 heterocycles. The summed E-state index contributed by atoms with van der Waals surface area (Å²) in [4.78, 5) is 22.8. The van der Waals surface area contributed by atoms with E-state index in [0.717, 1.165) is 18.6 Å². The molecule has 8 heteroatoms. The number of rotatable bonds is 4. The fraction of sp³-hybridized carbons (Fsp3) is 0.385. The number of amides is 2. The van der Waals surface area contributed by atoms with Gasteiger partial charge in [0.2, 0.25) is 0 Å². The van der Waals surface area contributed by atoms with Gasteiger partial charge in [-0.1, -0.05) is 23.2 Å². The van der Waals surface area contributed by atoms with Crippen LogP contribution in [0.1, 0.15) is 25.7 Å². The number of hydrogen-bond acceptors (Lipinski definition) is 2. The first-order valence-electron chi connectivity index (χ1n) is 6.27. The predicted octanol–water partition coefficient (Wildman–Crippen LogP) is 3.65. The maximum atomic E-state index is 13.1. The smallest absolute Gasteiger partial charge is 0.319 e. The number of hydrogen-bond donors (Lipinski definition) is 3. The van der Waals surface area contributed by atoms with E-state index in [1.807, 2.05) is 0 Å². The van der Waals surface area contributed by atoms with Crippen molar-refractivity contribution in [2.75, 3.05) is 5.32 Å². The lowest BCUT2D eigenvalue weighted by Crippen LogP contribution is -2.55. The van der Waals surface area contributed by atoms with Crippen LogP contribution in [0.5, 0.6) is 0 Å². The Hall–Kier alpha value is -1.53. The standard InChI is InChI=1S/C13H13Cl2FN2O3/c14-8-4-7(16)5-9(15)11(8)17-12(21)18-13(2-1-3-13)6-10(19)20/h4-5H,1-3,6H2,(H,19,20)(H2,17,18,21). The van der Waals surface area contributed by atoms with E-state index in [0.29, 0.717) is 12.8 Å². The Labute approximate surface area is 130 Å². The lowest BCUT2D eigenvalue weighted by Gasteiger charge is -2.41. The molecule has 5 nitrogen and oxygen atoms in total. The molecule has 0 bridgehead atoms. The lowest BCUT2D eigenvalue weighted by molar-refractivity contribution is -0.139. The van der Waals surface area contributed by atoms with Crippen LogP contribution in [0.15, 0.2) is 12.1 Å². The molecule has 1 aliphatic rings. The van der Waals surface area contributed by atoms with Gasteiger partial charge in [-0.15, -0.1) is 0 Å². The van der Waals surface area contributed by atoms with Gasteiger partial charge in [0.25, 0.3) is 0 Å². The lowest BCUT2D eigenvalue weighted by atomic mass is 9.74. The molecule has 1 aromatic rings. The first-order chi connectivity index (χ1) is 9.81. The second kappa shape index (κ2) is 6.07. The quantitative estimate of drug-likeness (QED) is 0.786. The Morgan fingerprint density at radius 1 is 1.29 bits per heavy atom. The molecule has 0 spiro atoms. The van der Waals surface area contributed by atoms with Gasteiger partial charge in [0.15, 0.2) is 0 Å². The number of urea groups is 1. The molecule has 1 fully saturated rings. The molecule has 114 valence electrons. The molecule has 2 rings (SSSR count). The second-order valence-corrected chi connectivity index (χ2v) is 5.84. The predicted molar refractivity (Wildman–Crippen MR) is 77.4 cm³/mol. The molecule has 0 saturated heterocycles. The zero-order valence-corrected chi connectivity index (χ0v) is 12.4.